The summed E-state index contributed by atoms with van der Waals surface area (Å²) in [6.45, 7) is 0.233. The van der Waals surface area contributed by atoms with Gasteiger partial charge in [0.25, 0.3) is 5.91 Å². The molecule has 90 valence electrons. The number of rotatable bonds is 1. The van der Waals surface area contributed by atoms with Crippen molar-refractivity contribution in [2.75, 3.05) is 0 Å². The Morgan fingerprint density at radius 2 is 2.00 bits per heavy atom. The molecule has 2 aromatic rings. The highest BCUT2D eigenvalue weighted by Gasteiger charge is 2.17. The molecule has 1 amide bonds. The molecule has 0 atom stereocenters. The van der Waals surface area contributed by atoms with Crippen LogP contribution in [0.25, 0.3) is 0 Å². The zero-order valence-electron chi connectivity index (χ0n) is 9.43. The maximum absolute atomic E-state index is 12.9. The van der Waals surface area contributed by atoms with Crippen LogP contribution in [0, 0.1) is 5.82 Å². The van der Waals surface area contributed by atoms with Crippen LogP contribution in [-0.4, -0.2) is 16.2 Å². The SMILES string of the molecule is O=C1Cn2cccc2C(c2ccc(F)cc2)=NN1. The number of hydrogen-bond donors (Lipinski definition) is 1. The molecule has 2 heterocycles. The zero-order valence-corrected chi connectivity index (χ0v) is 9.43. The van der Waals surface area contributed by atoms with Crippen LogP contribution in [0.4, 0.5) is 4.39 Å². The van der Waals surface area contributed by atoms with E-state index >= 15 is 0 Å². The predicted octanol–water partition coefficient (Wildman–Crippen LogP) is 1.51. The number of hydrazone groups is 1. The van der Waals surface area contributed by atoms with E-state index in [2.05, 4.69) is 10.5 Å². The van der Waals surface area contributed by atoms with Gasteiger partial charge in [-0.1, -0.05) is 0 Å². The van der Waals surface area contributed by atoms with Crippen LogP contribution in [0.1, 0.15) is 11.3 Å². The number of halogens is 1. The van der Waals surface area contributed by atoms with E-state index in [4.69, 9.17) is 0 Å². The van der Waals surface area contributed by atoms with Gasteiger partial charge < -0.3 is 4.57 Å². The molecule has 0 radical (unpaired) electrons. The van der Waals surface area contributed by atoms with Crippen molar-refractivity contribution in [3.05, 3.63) is 59.7 Å². The normalized spacial score (nSPS) is 14.5. The number of aromatic nitrogens is 1. The average molecular weight is 243 g/mol. The summed E-state index contributed by atoms with van der Waals surface area (Å²) in [5.74, 6) is -0.475. The first kappa shape index (κ1) is 10.7. The van der Waals surface area contributed by atoms with Crippen molar-refractivity contribution in [3.63, 3.8) is 0 Å². The van der Waals surface area contributed by atoms with Gasteiger partial charge in [0.15, 0.2) is 0 Å². The van der Waals surface area contributed by atoms with Crippen LogP contribution < -0.4 is 5.43 Å². The van der Waals surface area contributed by atoms with E-state index in [1.807, 2.05) is 22.9 Å². The molecule has 4 nitrogen and oxygen atoms in total. The fourth-order valence-corrected chi connectivity index (χ4v) is 1.95. The van der Waals surface area contributed by atoms with E-state index in [9.17, 15) is 9.18 Å². The van der Waals surface area contributed by atoms with Crippen LogP contribution in [0.2, 0.25) is 0 Å². The first-order valence-corrected chi connectivity index (χ1v) is 5.52. The summed E-state index contributed by atoms with van der Waals surface area (Å²) in [6, 6.07) is 9.76. The van der Waals surface area contributed by atoms with Gasteiger partial charge in [-0.25, -0.2) is 9.82 Å². The Labute approximate surface area is 103 Å². The molecular formula is C13H10FN3O. The molecule has 1 aromatic carbocycles. The van der Waals surface area contributed by atoms with Gasteiger partial charge in [-0.3, -0.25) is 4.79 Å². The van der Waals surface area contributed by atoms with E-state index in [0.29, 0.717) is 5.71 Å². The molecule has 1 aromatic heterocycles. The second kappa shape index (κ2) is 4.10. The second-order valence-electron chi connectivity index (χ2n) is 4.02. The van der Waals surface area contributed by atoms with Crippen LogP contribution in [0.5, 0.6) is 0 Å². The van der Waals surface area contributed by atoms with Crippen molar-refractivity contribution in [1.82, 2.24) is 9.99 Å². The lowest BCUT2D eigenvalue weighted by atomic mass is 10.1. The number of carbonyl (C=O) groups excluding carboxylic acids is 1. The molecule has 0 spiro atoms. The lowest BCUT2D eigenvalue weighted by Crippen LogP contribution is -2.20. The first-order chi connectivity index (χ1) is 8.74. The zero-order chi connectivity index (χ0) is 12.5. The van der Waals surface area contributed by atoms with E-state index in [1.165, 1.54) is 12.1 Å². The minimum atomic E-state index is -0.299. The summed E-state index contributed by atoms with van der Waals surface area (Å²) in [5.41, 5.74) is 4.70. The first-order valence-electron chi connectivity index (χ1n) is 5.52. The Morgan fingerprint density at radius 3 is 2.78 bits per heavy atom. The van der Waals surface area contributed by atoms with Gasteiger partial charge in [-0.15, -0.1) is 0 Å². The highest BCUT2D eigenvalue weighted by atomic mass is 19.1. The third kappa shape index (κ3) is 1.79. The number of benzene rings is 1. The van der Waals surface area contributed by atoms with Crippen LogP contribution >= 0.6 is 0 Å². The highest BCUT2D eigenvalue weighted by molar-refractivity contribution is 6.12. The fourth-order valence-electron chi connectivity index (χ4n) is 1.95. The van der Waals surface area contributed by atoms with Gasteiger partial charge in [0, 0.05) is 11.8 Å². The molecule has 18 heavy (non-hydrogen) atoms. The van der Waals surface area contributed by atoms with Crippen molar-refractivity contribution >= 4 is 11.6 Å². The Balaban J connectivity index is 2.11. The van der Waals surface area contributed by atoms with Crippen molar-refractivity contribution in [2.45, 2.75) is 6.54 Å². The van der Waals surface area contributed by atoms with Gasteiger partial charge in [0.1, 0.15) is 18.1 Å². The third-order valence-corrected chi connectivity index (χ3v) is 2.80. The minimum Gasteiger partial charge on any atom is -0.337 e. The van der Waals surface area contributed by atoms with Gasteiger partial charge in [-0.05, 0) is 36.4 Å². The number of carbonyl (C=O) groups is 1. The quantitative estimate of drug-likeness (QED) is 0.810. The molecule has 0 saturated carbocycles. The molecule has 1 aliphatic rings. The topological polar surface area (TPSA) is 46.4 Å². The summed E-state index contributed by atoms with van der Waals surface area (Å²) >= 11 is 0. The van der Waals surface area contributed by atoms with Crippen LogP contribution in [-0.2, 0) is 11.3 Å². The van der Waals surface area contributed by atoms with Crippen molar-refractivity contribution in [3.8, 4) is 0 Å². The number of hydrogen-bond acceptors (Lipinski definition) is 2. The average Bonchev–Trinajstić information content (AvgIpc) is 2.74. The minimum absolute atomic E-state index is 0.176. The van der Waals surface area contributed by atoms with E-state index in [1.54, 1.807) is 12.1 Å². The molecule has 3 rings (SSSR count). The molecule has 0 saturated heterocycles. The largest absolute Gasteiger partial charge is 0.337 e. The lowest BCUT2D eigenvalue weighted by Gasteiger charge is -2.06. The summed E-state index contributed by atoms with van der Waals surface area (Å²) in [5, 5.41) is 4.09. The monoisotopic (exact) mass is 243 g/mol. The Kier molecular flexibility index (Phi) is 2.44. The van der Waals surface area contributed by atoms with Gasteiger partial charge in [-0.2, -0.15) is 5.10 Å². The molecule has 0 fully saturated rings. The van der Waals surface area contributed by atoms with E-state index in [0.717, 1.165) is 11.3 Å². The second-order valence-corrected chi connectivity index (χ2v) is 4.02. The molecule has 0 unspecified atom stereocenters. The Morgan fingerprint density at radius 1 is 1.22 bits per heavy atom. The van der Waals surface area contributed by atoms with E-state index < -0.39 is 0 Å². The van der Waals surface area contributed by atoms with Crippen molar-refractivity contribution in [2.24, 2.45) is 5.10 Å². The van der Waals surface area contributed by atoms with Crippen LogP contribution in [0.3, 0.4) is 0 Å². The third-order valence-electron chi connectivity index (χ3n) is 2.80. The van der Waals surface area contributed by atoms with Crippen molar-refractivity contribution in [1.29, 1.82) is 0 Å². The smallest absolute Gasteiger partial charge is 0.260 e. The number of fused-ring (bicyclic) bond motifs is 1. The molecule has 1 aliphatic heterocycles. The molecule has 1 N–H and O–H groups in total. The van der Waals surface area contributed by atoms with Gasteiger partial charge >= 0.3 is 0 Å². The molecular weight excluding hydrogens is 233 g/mol. The highest BCUT2D eigenvalue weighted by Crippen LogP contribution is 2.14. The summed E-state index contributed by atoms with van der Waals surface area (Å²) < 4.78 is 14.7. The summed E-state index contributed by atoms with van der Waals surface area (Å²) in [6.07, 6.45) is 1.82. The Bertz CT molecular complexity index is 628. The number of nitrogens with zero attached hydrogens (tertiary/aromatic N) is 2. The number of nitrogens with one attached hydrogen (secondary N) is 1. The lowest BCUT2D eigenvalue weighted by molar-refractivity contribution is -0.121. The predicted molar refractivity (Wildman–Crippen MR) is 64.6 cm³/mol. The van der Waals surface area contributed by atoms with Crippen LogP contribution in [0.15, 0.2) is 47.7 Å². The molecule has 0 aliphatic carbocycles. The summed E-state index contributed by atoms with van der Waals surface area (Å²) in [7, 11) is 0. The van der Waals surface area contributed by atoms with E-state index in [-0.39, 0.29) is 18.3 Å². The van der Waals surface area contributed by atoms with Gasteiger partial charge in [0.2, 0.25) is 0 Å². The summed E-state index contributed by atoms with van der Waals surface area (Å²) in [4.78, 5) is 11.5. The fraction of sp³-hybridized carbons (Fsp3) is 0.0769. The van der Waals surface area contributed by atoms with Crippen molar-refractivity contribution < 1.29 is 9.18 Å². The Hall–Kier alpha value is -2.43. The van der Waals surface area contributed by atoms with Gasteiger partial charge in [0.05, 0.1) is 5.69 Å². The molecule has 5 heteroatoms. The maximum atomic E-state index is 12.9. The molecule has 0 bridgehead atoms. The maximum Gasteiger partial charge on any atom is 0.260 e. The standard InChI is InChI=1S/C13H10FN3O/c14-10-5-3-9(4-6-10)13-11-2-1-7-17(11)8-12(18)15-16-13/h1-7H,8H2,(H,15,18). The number of amides is 1.